The smallest absolute Gasteiger partial charge is 0.367 e. The minimum atomic E-state index is -4.37. The molecule has 1 aliphatic rings. The predicted octanol–water partition coefficient (Wildman–Crippen LogP) is 4.45. The van der Waals surface area contributed by atoms with Gasteiger partial charge in [0.25, 0.3) is 5.91 Å². The minimum absolute atomic E-state index is 0.101. The third-order valence-corrected chi connectivity index (χ3v) is 4.57. The number of anilines is 2. The molecule has 0 saturated carbocycles. The number of amides is 2. The molecule has 0 radical (unpaired) electrons. The fourth-order valence-electron chi connectivity index (χ4n) is 3.18. The first-order valence-electron chi connectivity index (χ1n) is 9.19. The number of aryl methyl sites for hydroxylation is 1. The molecule has 1 N–H and O–H groups in total. The molecule has 8 heteroatoms. The summed E-state index contributed by atoms with van der Waals surface area (Å²) in [7, 11) is 0. The minimum Gasteiger partial charge on any atom is -0.367 e. The van der Waals surface area contributed by atoms with Crippen LogP contribution < -0.4 is 10.2 Å². The van der Waals surface area contributed by atoms with Gasteiger partial charge in [-0.05, 0) is 54.8 Å². The molecule has 29 heavy (non-hydrogen) atoms. The van der Waals surface area contributed by atoms with Gasteiger partial charge in [-0.3, -0.25) is 9.59 Å². The molecule has 2 amide bonds. The molecule has 0 atom stereocenters. The van der Waals surface area contributed by atoms with Crippen molar-refractivity contribution in [3.05, 3.63) is 59.2 Å². The Bertz CT molecular complexity index is 895. The van der Waals surface area contributed by atoms with E-state index in [1.807, 2.05) is 13.0 Å². The van der Waals surface area contributed by atoms with Crippen molar-refractivity contribution in [2.24, 2.45) is 0 Å². The molecule has 154 valence electrons. The molecule has 1 saturated heterocycles. The maximum atomic E-state index is 12.4. The number of benzene rings is 2. The fraction of sp³-hybridized carbons (Fsp3) is 0.333. The quantitative estimate of drug-likeness (QED) is 0.771. The zero-order chi connectivity index (χ0) is 21.0. The van der Waals surface area contributed by atoms with E-state index >= 15 is 0 Å². The van der Waals surface area contributed by atoms with Gasteiger partial charge in [0.15, 0.2) is 0 Å². The van der Waals surface area contributed by atoms with Crippen LogP contribution in [0, 0.1) is 6.92 Å². The van der Waals surface area contributed by atoms with Crippen LogP contribution in [0.3, 0.4) is 0 Å². The maximum absolute atomic E-state index is 12.4. The van der Waals surface area contributed by atoms with E-state index in [9.17, 15) is 22.8 Å². The predicted molar refractivity (Wildman–Crippen MR) is 103 cm³/mol. The summed E-state index contributed by atoms with van der Waals surface area (Å²) in [5.41, 5.74) is 3.24. The van der Waals surface area contributed by atoms with E-state index in [-0.39, 0.29) is 18.4 Å². The van der Waals surface area contributed by atoms with Gasteiger partial charge in [0.05, 0.1) is 6.61 Å². The SMILES string of the molecule is Cc1cc(NC(=O)c2ccc(COCC(F)(F)F)cc2)ccc1N1CCCC1=O. The molecule has 1 heterocycles. The molecule has 0 spiro atoms. The number of carbonyl (C=O) groups is 2. The summed E-state index contributed by atoms with van der Waals surface area (Å²) in [5.74, 6) is -0.235. The van der Waals surface area contributed by atoms with E-state index in [1.54, 1.807) is 29.2 Å². The lowest BCUT2D eigenvalue weighted by molar-refractivity contribution is -0.176. The van der Waals surface area contributed by atoms with E-state index in [4.69, 9.17) is 0 Å². The van der Waals surface area contributed by atoms with E-state index in [0.717, 1.165) is 17.7 Å². The third kappa shape index (κ3) is 5.57. The highest BCUT2D eigenvalue weighted by molar-refractivity contribution is 6.04. The molecule has 1 aliphatic heterocycles. The number of alkyl halides is 3. The normalized spacial score (nSPS) is 14.3. The van der Waals surface area contributed by atoms with Crippen molar-refractivity contribution in [2.45, 2.75) is 32.5 Å². The van der Waals surface area contributed by atoms with Crippen molar-refractivity contribution < 1.29 is 27.5 Å². The highest BCUT2D eigenvalue weighted by atomic mass is 19.4. The van der Waals surface area contributed by atoms with Crippen LogP contribution >= 0.6 is 0 Å². The number of carbonyl (C=O) groups excluding carboxylic acids is 2. The zero-order valence-corrected chi connectivity index (χ0v) is 15.9. The van der Waals surface area contributed by atoms with Crippen LogP contribution in [0.2, 0.25) is 0 Å². The topological polar surface area (TPSA) is 58.6 Å². The summed E-state index contributed by atoms with van der Waals surface area (Å²) in [6.07, 6.45) is -2.97. The van der Waals surface area contributed by atoms with Crippen molar-refractivity contribution in [1.82, 2.24) is 0 Å². The summed E-state index contributed by atoms with van der Waals surface area (Å²) < 4.78 is 40.9. The summed E-state index contributed by atoms with van der Waals surface area (Å²) in [6, 6.07) is 11.5. The third-order valence-electron chi connectivity index (χ3n) is 4.57. The van der Waals surface area contributed by atoms with Crippen molar-refractivity contribution in [1.29, 1.82) is 0 Å². The van der Waals surface area contributed by atoms with Crippen LogP contribution in [-0.2, 0) is 16.1 Å². The lowest BCUT2D eigenvalue weighted by Gasteiger charge is -2.19. The van der Waals surface area contributed by atoms with Crippen molar-refractivity contribution in [3.63, 3.8) is 0 Å². The second-order valence-electron chi connectivity index (χ2n) is 6.91. The number of nitrogens with one attached hydrogen (secondary N) is 1. The van der Waals surface area contributed by atoms with Crippen LogP contribution in [0.5, 0.6) is 0 Å². The Balaban J connectivity index is 1.60. The molecule has 0 bridgehead atoms. The molecule has 5 nitrogen and oxygen atoms in total. The number of hydrogen-bond donors (Lipinski definition) is 1. The van der Waals surface area contributed by atoms with Crippen LogP contribution in [0.15, 0.2) is 42.5 Å². The average Bonchev–Trinajstić information content (AvgIpc) is 3.07. The summed E-state index contributed by atoms with van der Waals surface area (Å²) in [5, 5.41) is 2.79. The largest absolute Gasteiger partial charge is 0.411 e. The van der Waals surface area contributed by atoms with Crippen LogP contribution in [-0.4, -0.2) is 31.1 Å². The second kappa shape index (κ2) is 8.65. The molecule has 3 rings (SSSR count). The number of nitrogens with zero attached hydrogens (tertiary/aromatic N) is 1. The van der Waals surface area contributed by atoms with Crippen molar-refractivity contribution in [2.75, 3.05) is 23.4 Å². The van der Waals surface area contributed by atoms with Gasteiger partial charge in [-0.25, -0.2) is 0 Å². The number of ether oxygens (including phenoxy) is 1. The van der Waals surface area contributed by atoms with Gasteiger partial charge in [0.1, 0.15) is 6.61 Å². The van der Waals surface area contributed by atoms with E-state index < -0.39 is 12.8 Å². The fourth-order valence-corrected chi connectivity index (χ4v) is 3.18. The molecule has 0 aromatic heterocycles. The Labute approximate surface area is 166 Å². The van der Waals surface area contributed by atoms with E-state index in [0.29, 0.717) is 29.8 Å². The molecular formula is C21H21F3N2O3. The molecule has 0 unspecified atom stereocenters. The van der Waals surface area contributed by atoms with Gasteiger partial charge < -0.3 is 15.0 Å². The summed E-state index contributed by atoms with van der Waals surface area (Å²) >= 11 is 0. The molecule has 2 aromatic carbocycles. The zero-order valence-electron chi connectivity index (χ0n) is 15.9. The van der Waals surface area contributed by atoms with Crippen LogP contribution in [0.25, 0.3) is 0 Å². The van der Waals surface area contributed by atoms with E-state index in [1.165, 1.54) is 12.1 Å². The first-order chi connectivity index (χ1) is 13.7. The lowest BCUT2D eigenvalue weighted by atomic mass is 10.1. The van der Waals surface area contributed by atoms with Gasteiger partial charge in [-0.1, -0.05) is 12.1 Å². The number of rotatable bonds is 6. The Morgan fingerprint density at radius 2 is 1.90 bits per heavy atom. The number of halogens is 3. The molecule has 0 aliphatic carbocycles. The standard InChI is InChI=1S/C21H21F3N2O3/c1-14-11-17(8-9-18(14)26-10-2-3-19(26)27)25-20(28)16-6-4-15(5-7-16)12-29-13-21(22,23)24/h4-9,11H,2-3,10,12-13H2,1H3,(H,25,28). The monoisotopic (exact) mass is 406 g/mol. The molecule has 1 fully saturated rings. The summed E-state index contributed by atoms with van der Waals surface area (Å²) in [6.45, 7) is 1.08. The van der Waals surface area contributed by atoms with Gasteiger partial charge in [0, 0.05) is 29.9 Å². The first-order valence-corrected chi connectivity index (χ1v) is 9.19. The summed E-state index contributed by atoms with van der Waals surface area (Å²) in [4.78, 5) is 26.1. The Kier molecular flexibility index (Phi) is 6.22. The van der Waals surface area contributed by atoms with Gasteiger partial charge >= 0.3 is 6.18 Å². The highest BCUT2D eigenvalue weighted by Gasteiger charge is 2.27. The van der Waals surface area contributed by atoms with Crippen molar-refractivity contribution >= 4 is 23.2 Å². The first kappa shape index (κ1) is 20.9. The van der Waals surface area contributed by atoms with Crippen LogP contribution in [0.1, 0.15) is 34.3 Å². The Morgan fingerprint density at radius 1 is 1.17 bits per heavy atom. The van der Waals surface area contributed by atoms with E-state index in [2.05, 4.69) is 10.1 Å². The van der Waals surface area contributed by atoms with Crippen LogP contribution in [0.4, 0.5) is 24.5 Å². The average molecular weight is 406 g/mol. The highest BCUT2D eigenvalue weighted by Crippen LogP contribution is 2.27. The van der Waals surface area contributed by atoms with Crippen molar-refractivity contribution in [3.8, 4) is 0 Å². The maximum Gasteiger partial charge on any atom is 0.411 e. The lowest BCUT2D eigenvalue weighted by Crippen LogP contribution is -2.24. The van der Waals surface area contributed by atoms with Gasteiger partial charge in [0.2, 0.25) is 5.91 Å². The second-order valence-corrected chi connectivity index (χ2v) is 6.91. The molecule has 2 aromatic rings. The van der Waals surface area contributed by atoms with Gasteiger partial charge in [-0.2, -0.15) is 13.2 Å². The molecular weight excluding hydrogens is 385 g/mol. The Hall–Kier alpha value is -2.87. The Morgan fingerprint density at radius 3 is 2.48 bits per heavy atom. The van der Waals surface area contributed by atoms with Gasteiger partial charge in [-0.15, -0.1) is 0 Å². The number of hydrogen-bond acceptors (Lipinski definition) is 3.